The summed E-state index contributed by atoms with van der Waals surface area (Å²) in [5, 5.41) is 27.3. The number of aliphatic hydroxyl groups is 2. The van der Waals surface area contributed by atoms with E-state index in [1.54, 1.807) is 46.8 Å². The lowest BCUT2D eigenvalue weighted by Gasteiger charge is -2.78. The van der Waals surface area contributed by atoms with Crippen LogP contribution in [0.15, 0.2) is 34.7 Å². The van der Waals surface area contributed by atoms with Crippen molar-refractivity contribution in [3.63, 3.8) is 0 Å². The van der Waals surface area contributed by atoms with E-state index in [1.807, 2.05) is 0 Å². The second-order valence-electron chi connectivity index (χ2n) is 17.7. The van der Waals surface area contributed by atoms with E-state index in [9.17, 15) is 29.4 Å². The molecule has 2 N–H and O–H groups in total. The molecule has 3 saturated heterocycles. The third kappa shape index (κ3) is 4.17. The normalized spacial score (nSPS) is 50.2. The molecule has 4 saturated carbocycles. The smallest absolute Gasteiger partial charge is 0.333 e. The zero-order valence-electron chi connectivity index (χ0n) is 34.0. The average molecular weight is 805 g/mol. The van der Waals surface area contributed by atoms with Crippen molar-refractivity contribution in [3.05, 3.63) is 35.8 Å². The van der Waals surface area contributed by atoms with Crippen LogP contribution in [0, 0.1) is 22.2 Å². The van der Waals surface area contributed by atoms with Gasteiger partial charge in [0.25, 0.3) is 11.9 Å². The van der Waals surface area contributed by atoms with Crippen molar-refractivity contribution in [2.45, 2.75) is 145 Å². The Morgan fingerprint density at radius 3 is 2.21 bits per heavy atom. The number of fused-ring (bicyclic) bond motifs is 2. The molecule has 4 aliphatic carbocycles. The van der Waals surface area contributed by atoms with Crippen molar-refractivity contribution in [2.24, 2.45) is 22.2 Å². The Hall–Kier alpha value is -3.42. The molecule has 0 radical (unpaired) electrons. The van der Waals surface area contributed by atoms with E-state index >= 15 is 0 Å². The first-order valence-electron chi connectivity index (χ1n) is 19.1. The highest BCUT2D eigenvalue weighted by Crippen LogP contribution is 2.90. The van der Waals surface area contributed by atoms with Crippen LogP contribution in [0.3, 0.4) is 0 Å². The van der Waals surface area contributed by atoms with Crippen LogP contribution in [0.25, 0.3) is 0 Å². The number of esters is 4. The van der Waals surface area contributed by atoms with Crippen molar-refractivity contribution < 1.29 is 81.2 Å². The highest BCUT2D eigenvalue weighted by molar-refractivity contribution is 5.88. The summed E-state index contributed by atoms with van der Waals surface area (Å²) in [7, 11) is 3.76. The van der Waals surface area contributed by atoms with Gasteiger partial charge >= 0.3 is 23.9 Å². The fraction of sp³-hybridized carbons (Fsp3) is 0.750. The van der Waals surface area contributed by atoms with E-state index in [0.29, 0.717) is 5.56 Å². The molecule has 4 heterocycles. The summed E-state index contributed by atoms with van der Waals surface area (Å²) in [5.41, 5.74) is -15.0. The van der Waals surface area contributed by atoms with E-state index in [0.717, 1.165) is 0 Å². The first-order chi connectivity index (χ1) is 26.5. The molecule has 0 amide bonds. The second kappa shape index (κ2) is 11.9. The molecule has 17 nitrogen and oxygen atoms in total. The number of aliphatic hydroxyl groups excluding tert-OH is 1. The second-order valence-corrected chi connectivity index (χ2v) is 17.7. The summed E-state index contributed by atoms with van der Waals surface area (Å²) >= 11 is 0. The first-order valence-corrected chi connectivity index (χ1v) is 19.1. The van der Waals surface area contributed by atoms with Crippen LogP contribution in [-0.4, -0.2) is 114 Å². The molecule has 8 rings (SSSR count). The number of carbonyl (C=O) groups is 4. The molecule has 2 spiro atoms. The Kier molecular flexibility index (Phi) is 8.40. The fourth-order valence-corrected chi connectivity index (χ4v) is 13.3. The largest absolute Gasteiger partial charge is 0.472 e. The van der Waals surface area contributed by atoms with E-state index in [4.69, 9.17) is 51.8 Å². The van der Waals surface area contributed by atoms with Crippen LogP contribution in [-0.2, 0) is 66.5 Å². The molecule has 15 unspecified atom stereocenters. The lowest BCUT2D eigenvalue weighted by atomic mass is 9.32. The first kappa shape index (κ1) is 40.4. The van der Waals surface area contributed by atoms with Crippen molar-refractivity contribution in [1.29, 1.82) is 0 Å². The molecule has 1 aromatic rings. The van der Waals surface area contributed by atoms with Gasteiger partial charge in [0, 0.05) is 61.7 Å². The summed E-state index contributed by atoms with van der Waals surface area (Å²) in [6.45, 7) is 12.6. The number of allylic oxidation sites excluding steroid dienone is 1. The number of hydrogen-bond donors (Lipinski definition) is 2. The van der Waals surface area contributed by atoms with Gasteiger partial charge in [0.05, 0.1) is 39.3 Å². The lowest BCUT2D eigenvalue weighted by molar-refractivity contribution is -0.468. The van der Waals surface area contributed by atoms with Gasteiger partial charge in [-0.3, -0.25) is 14.4 Å². The number of ether oxygens (including phenoxy) is 10. The van der Waals surface area contributed by atoms with Crippen molar-refractivity contribution >= 4 is 23.9 Å². The molecule has 0 aromatic carbocycles. The summed E-state index contributed by atoms with van der Waals surface area (Å²) in [4.78, 5) is 54.8. The Bertz CT molecular complexity index is 1950. The third-order valence-electron chi connectivity index (χ3n) is 15.3. The standard InChI is InChI=1S/C40H52O17/c1-12-20(2)28(45)52-29-31(4)19-36(46)33(6,23(31)15-25(43)47-9)39-24(42)16-32(5,27(51-21(3)41)22-13-14-50-18-22)37(17-26(44)48-10)40(39,57-35(8,54-37)56-39)30-38(29,36)55-34(7,49-11)53-30/h12-14,18,23-24,27,29-30,42,46H,15-17,19H2,1-11H3. The number of carbonyl (C=O) groups excluding carboxylic acids is 4. The number of rotatable bonds is 10. The van der Waals surface area contributed by atoms with Crippen LogP contribution >= 0.6 is 0 Å². The molecular formula is C40H52O17. The van der Waals surface area contributed by atoms with E-state index < -0.39 is 117 Å². The van der Waals surface area contributed by atoms with Crippen molar-refractivity contribution in [3.8, 4) is 0 Å². The van der Waals surface area contributed by atoms with Gasteiger partial charge in [-0.05, 0) is 38.7 Å². The molecule has 7 aliphatic rings. The molecule has 1 aromatic heterocycles. The van der Waals surface area contributed by atoms with Gasteiger partial charge in [0.15, 0.2) is 11.2 Å². The minimum atomic E-state index is -2.27. The van der Waals surface area contributed by atoms with Gasteiger partial charge in [0.1, 0.15) is 35.1 Å². The number of hydrogen-bond acceptors (Lipinski definition) is 17. The number of furan rings is 1. The maximum Gasteiger partial charge on any atom is 0.333 e. The van der Waals surface area contributed by atoms with Gasteiger partial charge in [-0.1, -0.05) is 26.8 Å². The van der Waals surface area contributed by atoms with Gasteiger partial charge < -0.3 is 62.0 Å². The van der Waals surface area contributed by atoms with Gasteiger partial charge in [-0.2, -0.15) is 0 Å². The van der Waals surface area contributed by atoms with Gasteiger partial charge in [0.2, 0.25) is 0 Å². The predicted octanol–water partition coefficient (Wildman–Crippen LogP) is 2.89. The maximum atomic E-state index is 14.1. The zero-order chi connectivity index (χ0) is 41.8. The molecule has 314 valence electrons. The Morgan fingerprint density at radius 1 is 0.965 bits per heavy atom. The predicted molar refractivity (Wildman–Crippen MR) is 188 cm³/mol. The van der Waals surface area contributed by atoms with Gasteiger partial charge in [-0.25, -0.2) is 4.79 Å². The summed E-state index contributed by atoms with van der Waals surface area (Å²) in [6, 6.07) is 1.59. The highest BCUT2D eigenvalue weighted by Gasteiger charge is 3.07. The Balaban J connectivity index is 1.53. The highest BCUT2D eigenvalue weighted by atomic mass is 17.0. The third-order valence-corrected chi connectivity index (χ3v) is 15.3. The summed E-state index contributed by atoms with van der Waals surface area (Å²) < 4.78 is 69.8. The van der Waals surface area contributed by atoms with E-state index in [2.05, 4.69) is 0 Å². The Morgan fingerprint density at radius 2 is 1.63 bits per heavy atom. The van der Waals surface area contributed by atoms with Crippen molar-refractivity contribution in [1.82, 2.24) is 0 Å². The van der Waals surface area contributed by atoms with Crippen LogP contribution in [0.5, 0.6) is 0 Å². The van der Waals surface area contributed by atoms with E-state index in [-0.39, 0.29) is 24.8 Å². The summed E-state index contributed by atoms with van der Waals surface area (Å²) in [5.74, 6) is -8.01. The Labute approximate surface area is 329 Å². The fourth-order valence-electron chi connectivity index (χ4n) is 13.3. The minimum Gasteiger partial charge on any atom is -0.472 e. The van der Waals surface area contributed by atoms with Crippen LogP contribution in [0.4, 0.5) is 0 Å². The molecule has 15 atom stereocenters. The molecule has 7 fully saturated rings. The maximum absolute atomic E-state index is 14.1. The van der Waals surface area contributed by atoms with Crippen molar-refractivity contribution in [2.75, 3.05) is 21.3 Å². The SMILES string of the molecule is CC=C(C)C(=O)OC1C2(C)CC3(O)C14OC(C)(OC)OC4C14OC5(C)OC1(CC(=O)OC)C(C)(C(OC(C)=O)c1ccoc1)CC(O)C4(O5)C3(C)C2CC(=O)OC. The topological polar surface area (TPSA) is 214 Å². The molecule has 3 aliphatic heterocycles. The zero-order valence-corrected chi connectivity index (χ0v) is 34.0. The molecule has 4 bridgehead atoms. The minimum absolute atomic E-state index is 0.150. The monoisotopic (exact) mass is 804 g/mol. The van der Waals surface area contributed by atoms with Crippen LogP contribution in [0.2, 0.25) is 0 Å². The van der Waals surface area contributed by atoms with Crippen LogP contribution < -0.4 is 0 Å². The molecular weight excluding hydrogens is 752 g/mol. The van der Waals surface area contributed by atoms with Crippen LogP contribution in [0.1, 0.15) is 92.7 Å². The summed E-state index contributed by atoms with van der Waals surface area (Å²) in [6.07, 6.45) is -3.09. The quantitative estimate of drug-likeness (QED) is 0.198. The molecule has 57 heavy (non-hydrogen) atoms. The number of methoxy groups -OCH3 is 3. The van der Waals surface area contributed by atoms with Gasteiger partial charge in [-0.15, -0.1) is 0 Å². The lowest BCUT2D eigenvalue weighted by Crippen LogP contribution is -2.97. The van der Waals surface area contributed by atoms with E-state index in [1.165, 1.54) is 54.6 Å². The average Bonchev–Trinajstić information content (AvgIpc) is 3.97. The molecule has 17 heteroatoms.